The molecule has 0 heterocycles. The van der Waals surface area contributed by atoms with Gasteiger partial charge in [0.05, 0.1) is 9.79 Å². The lowest BCUT2D eigenvalue weighted by molar-refractivity contribution is 0.582. The van der Waals surface area contributed by atoms with Crippen molar-refractivity contribution in [1.29, 1.82) is 0 Å². The lowest BCUT2D eigenvalue weighted by Gasteiger charge is -2.06. The van der Waals surface area contributed by atoms with E-state index in [0.29, 0.717) is 16.3 Å². The molecule has 0 aliphatic rings. The summed E-state index contributed by atoms with van der Waals surface area (Å²) in [4.78, 5) is 0.660. The van der Waals surface area contributed by atoms with E-state index >= 15 is 0 Å². The summed E-state index contributed by atoms with van der Waals surface area (Å²) in [7, 11) is -5.16. The van der Waals surface area contributed by atoms with Gasteiger partial charge in [0.1, 0.15) is 0 Å². The predicted molar refractivity (Wildman–Crippen MR) is 99.5 cm³/mol. The monoisotopic (exact) mass is 384 g/mol. The van der Waals surface area contributed by atoms with E-state index in [0.717, 1.165) is 11.1 Å². The first-order chi connectivity index (χ1) is 11.6. The fourth-order valence-electron chi connectivity index (χ4n) is 1.96. The third-order valence-corrected chi connectivity index (χ3v) is 6.45. The number of rotatable bonds is 5. The molecule has 0 saturated heterocycles. The molecule has 0 radical (unpaired) electrons. The Morgan fingerprint density at radius 2 is 1.40 bits per heavy atom. The highest BCUT2D eigenvalue weighted by molar-refractivity contribution is 7.89. The Morgan fingerprint density at radius 3 is 1.88 bits per heavy atom. The van der Waals surface area contributed by atoms with E-state index in [1.807, 2.05) is 13.0 Å². The summed E-state index contributed by atoms with van der Waals surface area (Å²) in [5.74, 6) is 0. The van der Waals surface area contributed by atoms with E-state index in [1.54, 1.807) is 56.3 Å². The van der Waals surface area contributed by atoms with E-state index in [9.17, 15) is 16.8 Å². The number of aryl methyl sites for hydroxylation is 2. The SMILES string of the molecule is CCNS(=O)(=O)c1ccccc1C.CNS(=O)(=O)c1ccc(C)cc1. The molecule has 2 aromatic carbocycles. The zero-order valence-electron chi connectivity index (χ0n) is 14.8. The second kappa shape index (κ2) is 9.10. The minimum Gasteiger partial charge on any atom is -0.214 e. The molecule has 0 aromatic heterocycles. The van der Waals surface area contributed by atoms with Crippen molar-refractivity contribution in [3.63, 3.8) is 0 Å². The van der Waals surface area contributed by atoms with Crippen molar-refractivity contribution in [1.82, 2.24) is 9.44 Å². The predicted octanol–water partition coefficient (Wildman–Crippen LogP) is 2.20. The maximum absolute atomic E-state index is 11.5. The quantitative estimate of drug-likeness (QED) is 0.826. The van der Waals surface area contributed by atoms with Gasteiger partial charge in [-0.1, -0.05) is 42.8 Å². The summed E-state index contributed by atoms with van der Waals surface area (Å²) >= 11 is 0. The maximum Gasteiger partial charge on any atom is 0.240 e. The van der Waals surface area contributed by atoms with Crippen molar-refractivity contribution in [2.75, 3.05) is 13.6 Å². The maximum atomic E-state index is 11.5. The van der Waals surface area contributed by atoms with Crippen molar-refractivity contribution >= 4 is 20.0 Å². The molecule has 0 saturated carbocycles. The van der Waals surface area contributed by atoms with Crippen LogP contribution in [-0.4, -0.2) is 30.4 Å². The second-order valence-corrected chi connectivity index (χ2v) is 8.91. The lowest BCUT2D eigenvalue weighted by atomic mass is 10.2. The summed E-state index contributed by atoms with van der Waals surface area (Å²) in [6.45, 7) is 5.87. The Kier molecular flexibility index (Phi) is 7.75. The van der Waals surface area contributed by atoms with Crippen LogP contribution in [-0.2, 0) is 20.0 Å². The Morgan fingerprint density at radius 1 is 0.840 bits per heavy atom. The highest BCUT2D eigenvalue weighted by Gasteiger charge is 2.13. The Labute approximate surface area is 150 Å². The molecular formula is C17H24N2O4S2. The summed E-state index contributed by atoms with van der Waals surface area (Å²) < 4.78 is 50.2. The standard InChI is InChI=1S/C9H13NO2S.C8H11NO2S/c1-3-10-13(11,12)9-7-5-4-6-8(9)2;1-7-3-5-8(6-4-7)12(10,11)9-2/h4-7,10H,3H2,1-2H3;3-6,9H,1-2H3. The average Bonchev–Trinajstić information content (AvgIpc) is 2.56. The lowest BCUT2D eigenvalue weighted by Crippen LogP contribution is -2.23. The molecule has 6 nitrogen and oxygen atoms in total. The van der Waals surface area contributed by atoms with Crippen LogP contribution in [0.25, 0.3) is 0 Å². The van der Waals surface area contributed by atoms with Gasteiger partial charge in [0, 0.05) is 6.54 Å². The Hall–Kier alpha value is -1.74. The van der Waals surface area contributed by atoms with Gasteiger partial charge in [-0.05, 0) is 44.7 Å². The van der Waals surface area contributed by atoms with Crippen molar-refractivity contribution in [2.45, 2.75) is 30.6 Å². The largest absolute Gasteiger partial charge is 0.240 e. The van der Waals surface area contributed by atoms with Crippen LogP contribution in [0.1, 0.15) is 18.1 Å². The summed E-state index contributed by atoms with van der Waals surface area (Å²) in [6, 6.07) is 13.6. The average molecular weight is 385 g/mol. The van der Waals surface area contributed by atoms with Gasteiger partial charge in [-0.25, -0.2) is 26.3 Å². The molecule has 0 amide bonds. The summed E-state index contributed by atoms with van der Waals surface area (Å²) in [6.07, 6.45) is 0. The number of benzene rings is 2. The van der Waals surface area contributed by atoms with E-state index in [1.165, 1.54) is 7.05 Å². The summed E-state index contributed by atoms with van der Waals surface area (Å²) in [5, 5.41) is 0. The molecular weight excluding hydrogens is 360 g/mol. The van der Waals surface area contributed by atoms with Crippen LogP contribution in [0.4, 0.5) is 0 Å². The minimum atomic E-state index is -3.29. The Bertz CT molecular complexity index is 891. The molecule has 0 unspecified atom stereocenters. The molecule has 8 heteroatoms. The molecule has 0 aliphatic carbocycles. The number of nitrogens with one attached hydrogen (secondary N) is 2. The van der Waals surface area contributed by atoms with Gasteiger partial charge >= 0.3 is 0 Å². The fraction of sp³-hybridized carbons (Fsp3) is 0.294. The van der Waals surface area contributed by atoms with E-state index in [4.69, 9.17) is 0 Å². The molecule has 0 spiro atoms. The number of hydrogen-bond acceptors (Lipinski definition) is 4. The molecule has 0 atom stereocenters. The van der Waals surface area contributed by atoms with Gasteiger partial charge in [-0.3, -0.25) is 0 Å². The van der Waals surface area contributed by atoms with Crippen LogP contribution in [0.5, 0.6) is 0 Å². The van der Waals surface area contributed by atoms with E-state index < -0.39 is 20.0 Å². The highest BCUT2D eigenvalue weighted by atomic mass is 32.2. The molecule has 0 bridgehead atoms. The minimum absolute atomic E-state index is 0.301. The van der Waals surface area contributed by atoms with Crippen LogP contribution < -0.4 is 9.44 Å². The third-order valence-electron chi connectivity index (χ3n) is 3.32. The van der Waals surface area contributed by atoms with Crippen LogP contribution in [0.15, 0.2) is 58.3 Å². The summed E-state index contributed by atoms with van der Waals surface area (Å²) in [5.41, 5.74) is 1.81. The van der Waals surface area contributed by atoms with Crippen molar-refractivity contribution < 1.29 is 16.8 Å². The first kappa shape index (κ1) is 21.3. The molecule has 138 valence electrons. The van der Waals surface area contributed by atoms with Gasteiger partial charge in [0.25, 0.3) is 0 Å². The first-order valence-corrected chi connectivity index (χ1v) is 10.7. The molecule has 0 aliphatic heterocycles. The van der Waals surface area contributed by atoms with Crippen LogP contribution in [0.2, 0.25) is 0 Å². The number of hydrogen-bond donors (Lipinski definition) is 2. The van der Waals surface area contributed by atoms with Gasteiger partial charge in [0.2, 0.25) is 20.0 Å². The topological polar surface area (TPSA) is 92.3 Å². The van der Waals surface area contributed by atoms with E-state index in [2.05, 4.69) is 9.44 Å². The van der Waals surface area contributed by atoms with Crippen molar-refractivity contribution in [3.8, 4) is 0 Å². The van der Waals surface area contributed by atoms with Gasteiger partial charge < -0.3 is 0 Å². The normalized spacial score (nSPS) is 11.5. The highest BCUT2D eigenvalue weighted by Crippen LogP contribution is 2.13. The van der Waals surface area contributed by atoms with Gasteiger partial charge in [-0.2, -0.15) is 0 Å². The van der Waals surface area contributed by atoms with Gasteiger partial charge in [0.15, 0.2) is 0 Å². The Balaban J connectivity index is 0.000000251. The van der Waals surface area contributed by atoms with Crippen LogP contribution in [0, 0.1) is 13.8 Å². The zero-order chi connectivity index (χ0) is 19.1. The van der Waals surface area contributed by atoms with Crippen molar-refractivity contribution in [2.24, 2.45) is 0 Å². The first-order valence-electron chi connectivity index (χ1n) is 7.69. The fourth-order valence-corrected chi connectivity index (χ4v) is 3.98. The third kappa shape index (κ3) is 6.24. The van der Waals surface area contributed by atoms with Crippen LogP contribution >= 0.6 is 0 Å². The molecule has 0 fully saturated rings. The van der Waals surface area contributed by atoms with Crippen molar-refractivity contribution in [3.05, 3.63) is 59.7 Å². The molecule has 2 rings (SSSR count). The zero-order valence-corrected chi connectivity index (χ0v) is 16.4. The second-order valence-electron chi connectivity index (χ2n) is 5.29. The van der Waals surface area contributed by atoms with E-state index in [-0.39, 0.29) is 0 Å². The smallest absolute Gasteiger partial charge is 0.214 e. The molecule has 2 N–H and O–H groups in total. The van der Waals surface area contributed by atoms with Crippen LogP contribution in [0.3, 0.4) is 0 Å². The molecule has 25 heavy (non-hydrogen) atoms. The van der Waals surface area contributed by atoms with Gasteiger partial charge in [-0.15, -0.1) is 0 Å². The number of sulfonamides is 2. The molecule has 2 aromatic rings.